The fraction of sp³-hybridized carbons (Fsp3) is 0.517. The van der Waals surface area contributed by atoms with Crippen molar-refractivity contribution in [2.45, 2.75) is 38.1 Å². The largest absolute Gasteiger partial charge is 0.464 e. The third-order valence-electron chi connectivity index (χ3n) is 8.35. The van der Waals surface area contributed by atoms with Crippen LogP contribution in [-0.2, 0) is 9.47 Å². The highest BCUT2D eigenvalue weighted by Gasteiger charge is 2.33. The lowest BCUT2D eigenvalue weighted by atomic mass is 9.79. The Morgan fingerprint density at radius 3 is 2.23 bits per heavy atom. The summed E-state index contributed by atoms with van der Waals surface area (Å²) in [4.78, 5) is 35.6. The lowest BCUT2D eigenvalue weighted by molar-refractivity contribution is 0.0594. The van der Waals surface area contributed by atoms with Crippen molar-refractivity contribution in [3.63, 3.8) is 0 Å². The molecule has 5 rings (SSSR count). The second-order valence-electron chi connectivity index (χ2n) is 10.6. The average molecular weight is 553 g/mol. The molecule has 2 saturated heterocycles. The normalized spacial score (nSPS) is 18.7. The fourth-order valence-electron chi connectivity index (χ4n) is 5.79. The van der Waals surface area contributed by atoms with Gasteiger partial charge in [-0.3, -0.25) is 4.90 Å². The number of nitrogens with zero attached hydrogens (tertiary/aromatic N) is 4. The number of halogens is 1. The Morgan fingerprint density at radius 1 is 0.975 bits per heavy atom. The first-order valence-electron chi connectivity index (χ1n) is 13.9. The predicted octanol–water partition coefficient (Wildman–Crippen LogP) is 4.27. The van der Waals surface area contributed by atoms with Gasteiger partial charge in [-0.1, -0.05) is 6.42 Å². The second kappa shape index (κ2) is 12.2. The minimum atomic E-state index is -0.552. The van der Waals surface area contributed by atoms with Crippen LogP contribution in [0.1, 0.15) is 48.2 Å². The Morgan fingerprint density at radius 2 is 1.65 bits per heavy atom. The lowest BCUT2D eigenvalue weighted by Gasteiger charge is -2.43. The predicted molar refractivity (Wildman–Crippen MR) is 150 cm³/mol. The van der Waals surface area contributed by atoms with E-state index in [0.29, 0.717) is 41.9 Å². The Labute approximate surface area is 233 Å². The Bertz CT molecular complexity index is 1240. The summed E-state index contributed by atoms with van der Waals surface area (Å²) in [7, 11) is 2.74. The highest BCUT2D eigenvalue weighted by molar-refractivity contribution is 6.10. The van der Waals surface area contributed by atoms with Crippen LogP contribution in [0.25, 0.3) is 0 Å². The van der Waals surface area contributed by atoms with Crippen LogP contribution in [0.3, 0.4) is 0 Å². The third-order valence-corrected chi connectivity index (χ3v) is 8.35. The van der Waals surface area contributed by atoms with Crippen molar-refractivity contribution >= 4 is 35.0 Å². The van der Waals surface area contributed by atoms with Crippen molar-refractivity contribution < 1.29 is 23.5 Å². The molecule has 0 unspecified atom stereocenters. The van der Waals surface area contributed by atoms with E-state index in [2.05, 4.69) is 20.1 Å². The standard InChI is InChI=1S/C29H37FN6O4/c1-39-28(37)23-18-24(35-12-10-22(11-13-35)34-14-16-36(17-15-34)29(38)40-2)25(26(31)19-4-3-5-19)27(33-23)32-21-8-6-20(30)7-9-21/h6-9,18-19,22,31H,3-5,10-17H2,1-2H3,(H,32,33). The van der Waals surface area contributed by atoms with Gasteiger partial charge in [-0.05, 0) is 56.0 Å². The van der Waals surface area contributed by atoms with Crippen LogP contribution in [0.2, 0.25) is 0 Å². The summed E-state index contributed by atoms with van der Waals surface area (Å²) in [5.74, 6) is -0.354. The number of ether oxygens (including phenoxy) is 2. The number of methoxy groups -OCH3 is 2. The highest BCUT2D eigenvalue weighted by atomic mass is 19.1. The fourth-order valence-corrected chi connectivity index (χ4v) is 5.79. The van der Waals surface area contributed by atoms with Crippen LogP contribution in [0.4, 0.5) is 26.4 Å². The number of rotatable bonds is 7. The molecular weight excluding hydrogens is 515 g/mol. The molecule has 40 heavy (non-hydrogen) atoms. The van der Waals surface area contributed by atoms with Crippen molar-refractivity contribution in [1.29, 1.82) is 5.41 Å². The highest BCUT2D eigenvalue weighted by Crippen LogP contribution is 2.38. The molecule has 3 aliphatic rings. The zero-order valence-corrected chi connectivity index (χ0v) is 23.1. The van der Waals surface area contributed by atoms with Crippen molar-refractivity contribution in [1.82, 2.24) is 14.8 Å². The summed E-state index contributed by atoms with van der Waals surface area (Å²) in [6.45, 7) is 4.44. The Balaban J connectivity index is 1.41. The first kappa shape index (κ1) is 27.8. The number of carbonyl (C=O) groups is 2. The van der Waals surface area contributed by atoms with Crippen molar-refractivity contribution in [3.8, 4) is 0 Å². The van der Waals surface area contributed by atoms with Crippen LogP contribution >= 0.6 is 0 Å². The van der Waals surface area contributed by atoms with Gasteiger partial charge in [-0.15, -0.1) is 0 Å². The SMILES string of the molecule is COC(=O)c1cc(N2CCC(N3CCN(C(=O)OC)CC3)CC2)c(C(=N)C2CCC2)c(Nc2ccc(F)cc2)n1. The molecule has 1 saturated carbocycles. The number of hydrogen-bond acceptors (Lipinski definition) is 9. The summed E-state index contributed by atoms with van der Waals surface area (Å²) >= 11 is 0. The summed E-state index contributed by atoms with van der Waals surface area (Å²) in [6, 6.07) is 8.09. The molecule has 1 amide bonds. The average Bonchev–Trinajstić information content (AvgIpc) is 2.96. The number of benzene rings is 1. The Hall–Kier alpha value is -3.73. The van der Waals surface area contributed by atoms with Crippen molar-refractivity contribution in [2.75, 3.05) is 63.7 Å². The minimum Gasteiger partial charge on any atom is -0.464 e. The number of hydrogen-bond donors (Lipinski definition) is 2. The van der Waals surface area contributed by atoms with Gasteiger partial charge in [0.2, 0.25) is 0 Å². The van der Waals surface area contributed by atoms with E-state index in [-0.39, 0.29) is 23.5 Å². The van der Waals surface area contributed by atoms with Crippen LogP contribution in [0.5, 0.6) is 0 Å². The number of piperazine rings is 1. The van der Waals surface area contributed by atoms with Crippen molar-refractivity contribution in [2.24, 2.45) is 5.92 Å². The summed E-state index contributed by atoms with van der Waals surface area (Å²) in [5, 5.41) is 12.4. The van der Waals surface area contributed by atoms with Crippen molar-refractivity contribution in [3.05, 3.63) is 47.4 Å². The van der Waals surface area contributed by atoms with Crippen LogP contribution in [0.15, 0.2) is 30.3 Å². The number of anilines is 3. The third kappa shape index (κ3) is 5.89. The quantitative estimate of drug-likeness (QED) is 0.387. The van der Waals surface area contributed by atoms with Gasteiger partial charge < -0.3 is 30.0 Å². The molecule has 214 valence electrons. The molecule has 1 aromatic heterocycles. The van der Waals surface area contributed by atoms with Gasteiger partial charge in [-0.2, -0.15) is 0 Å². The van der Waals surface area contributed by atoms with Gasteiger partial charge in [0.25, 0.3) is 0 Å². The topological polar surface area (TPSA) is 111 Å². The maximum atomic E-state index is 13.6. The van der Waals surface area contributed by atoms with E-state index in [1.165, 1.54) is 26.4 Å². The van der Waals surface area contributed by atoms with E-state index in [0.717, 1.165) is 64.0 Å². The molecule has 0 radical (unpaired) electrons. The lowest BCUT2D eigenvalue weighted by Crippen LogP contribution is -2.54. The number of piperidine rings is 1. The monoisotopic (exact) mass is 552 g/mol. The maximum Gasteiger partial charge on any atom is 0.409 e. The molecule has 1 aromatic carbocycles. The molecule has 0 spiro atoms. The second-order valence-corrected chi connectivity index (χ2v) is 10.6. The zero-order chi connectivity index (χ0) is 28.2. The molecular formula is C29H37FN6O4. The van der Waals surface area contributed by atoms with E-state index in [4.69, 9.17) is 14.9 Å². The molecule has 1 aliphatic carbocycles. The van der Waals surface area contributed by atoms with Gasteiger partial charge in [0, 0.05) is 62.6 Å². The first-order chi connectivity index (χ1) is 19.4. The van der Waals surface area contributed by atoms with E-state index >= 15 is 0 Å². The van der Waals surface area contributed by atoms with Crippen LogP contribution < -0.4 is 10.2 Å². The molecule has 10 nitrogen and oxygen atoms in total. The molecule has 2 aliphatic heterocycles. The van der Waals surface area contributed by atoms with Gasteiger partial charge in [0.05, 0.1) is 25.5 Å². The summed E-state index contributed by atoms with van der Waals surface area (Å²) < 4.78 is 23.5. The van der Waals surface area contributed by atoms with Gasteiger partial charge in [0.15, 0.2) is 5.69 Å². The molecule has 0 bridgehead atoms. The summed E-state index contributed by atoms with van der Waals surface area (Å²) in [6.07, 6.45) is 4.56. The van der Waals surface area contributed by atoms with E-state index in [1.807, 2.05) is 0 Å². The smallest absolute Gasteiger partial charge is 0.409 e. The molecule has 11 heteroatoms. The van der Waals surface area contributed by atoms with E-state index in [1.54, 1.807) is 23.1 Å². The molecule has 3 fully saturated rings. The number of amides is 1. The van der Waals surface area contributed by atoms with E-state index in [9.17, 15) is 14.0 Å². The van der Waals surface area contributed by atoms with Gasteiger partial charge in [-0.25, -0.2) is 19.0 Å². The number of nitrogens with one attached hydrogen (secondary N) is 2. The van der Waals surface area contributed by atoms with Crippen LogP contribution in [-0.4, -0.2) is 92.1 Å². The first-order valence-corrected chi connectivity index (χ1v) is 13.9. The zero-order valence-electron chi connectivity index (χ0n) is 23.1. The number of carbonyl (C=O) groups excluding carboxylic acids is 2. The Kier molecular flexibility index (Phi) is 8.49. The van der Waals surface area contributed by atoms with E-state index < -0.39 is 5.97 Å². The molecule has 2 N–H and O–H groups in total. The summed E-state index contributed by atoms with van der Waals surface area (Å²) in [5.41, 5.74) is 2.77. The molecule has 0 atom stereocenters. The maximum absolute atomic E-state index is 13.6. The minimum absolute atomic E-state index is 0.141. The number of pyridine rings is 1. The molecule has 2 aromatic rings. The number of esters is 1. The number of aromatic nitrogens is 1. The van der Waals surface area contributed by atoms with Crippen LogP contribution in [0, 0.1) is 17.1 Å². The van der Waals surface area contributed by atoms with Gasteiger partial charge in [0.1, 0.15) is 11.6 Å². The van der Waals surface area contributed by atoms with Gasteiger partial charge >= 0.3 is 12.1 Å². The molecule has 3 heterocycles.